The minimum absolute atomic E-state index is 2.09. The van der Waals surface area contributed by atoms with Gasteiger partial charge in [-0.2, -0.15) is 22.0 Å². The first-order valence-electron chi connectivity index (χ1n) is 4.48. The normalized spacial score (nSPS) is 17.7. The molecule has 0 aliphatic rings. The minimum atomic E-state index is -6.15. The standard InChI is InChI=1S/C7H4F12O2/c8-2(5(12,13)14)4(10,11)1-20-6(15,16)3(9)21-7(17,18)19/h2-3H,1H2. The number of hydrogen-bond acceptors (Lipinski definition) is 2. The van der Waals surface area contributed by atoms with E-state index in [1.165, 1.54) is 0 Å². The van der Waals surface area contributed by atoms with E-state index in [9.17, 15) is 52.7 Å². The van der Waals surface area contributed by atoms with Crippen LogP contribution in [0.5, 0.6) is 0 Å². The first kappa shape index (κ1) is 20.1. The molecule has 0 fully saturated rings. The largest absolute Gasteiger partial charge is 0.525 e. The highest BCUT2D eigenvalue weighted by Crippen LogP contribution is 2.37. The molecule has 0 aromatic carbocycles. The van der Waals surface area contributed by atoms with Gasteiger partial charge in [-0.05, 0) is 0 Å². The Morgan fingerprint density at radius 1 is 0.762 bits per heavy atom. The minimum Gasteiger partial charge on any atom is -0.310 e. The Bertz CT molecular complexity index is 333. The van der Waals surface area contributed by atoms with Crippen LogP contribution in [-0.2, 0) is 9.47 Å². The lowest BCUT2D eigenvalue weighted by Crippen LogP contribution is -2.48. The van der Waals surface area contributed by atoms with Crippen LogP contribution in [0, 0.1) is 0 Å². The van der Waals surface area contributed by atoms with Gasteiger partial charge in [-0.15, -0.1) is 13.2 Å². The van der Waals surface area contributed by atoms with Gasteiger partial charge in [0.1, 0.15) is 6.61 Å². The van der Waals surface area contributed by atoms with Gasteiger partial charge < -0.3 is 4.74 Å². The van der Waals surface area contributed by atoms with E-state index in [1.54, 1.807) is 0 Å². The van der Waals surface area contributed by atoms with E-state index in [-0.39, 0.29) is 0 Å². The van der Waals surface area contributed by atoms with Gasteiger partial charge in [0.25, 0.3) is 12.5 Å². The highest BCUT2D eigenvalue weighted by molar-refractivity contribution is 4.83. The molecule has 0 saturated heterocycles. The Balaban J connectivity index is 4.75. The maximum absolute atomic E-state index is 12.5. The molecule has 0 aromatic rings. The Kier molecular flexibility index (Phi) is 5.79. The van der Waals surface area contributed by atoms with Crippen LogP contribution in [0.15, 0.2) is 0 Å². The number of ether oxygens (including phenoxy) is 2. The van der Waals surface area contributed by atoms with Crippen molar-refractivity contribution in [2.75, 3.05) is 6.61 Å². The second kappa shape index (κ2) is 6.06. The third-order valence-corrected chi connectivity index (χ3v) is 1.62. The number of halogens is 12. The summed E-state index contributed by atoms with van der Waals surface area (Å²) in [6.07, 6.45) is -27.4. The van der Waals surface area contributed by atoms with Crippen LogP contribution in [0.2, 0.25) is 0 Å². The van der Waals surface area contributed by atoms with E-state index < -0.39 is 43.7 Å². The van der Waals surface area contributed by atoms with Crippen molar-refractivity contribution in [1.82, 2.24) is 0 Å². The van der Waals surface area contributed by atoms with Gasteiger partial charge in [0.05, 0.1) is 0 Å². The summed E-state index contributed by atoms with van der Waals surface area (Å²) in [5.74, 6) is -5.58. The predicted molar refractivity (Wildman–Crippen MR) is 38.8 cm³/mol. The lowest BCUT2D eigenvalue weighted by atomic mass is 10.2. The number of rotatable bonds is 6. The Hall–Kier alpha value is -0.920. The van der Waals surface area contributed by atoms with Gasteiger partial charge in [-0.3, -0.25) is 0 Å². The van der Waals surface area contributed by atoms with Crippen molar-refractivity contribution in [2.24, 2.45) is 0 Å². The molecule has 0 aliphatic heterocycles. The average molecular weight is 348 g/mol. The van der Waals surface area contributed by atoms with Gasteiger partial charge in [-0.1, -0.05) is 0 Å². The quantitative estimate of drug-likeness (QED) is 0.677. The average Bonchev–Trinajstić information content (AvgIpc) is 2.22. The zero-order valence-corrected chi connectivity index (χ0v) is 9.21. The van der Waals surface area contributed by atoms with Gasteiger partial charge in [0.2, 0.25) is 0 Å². The van der Waals surface area contributed by atoms with Gasteiger partial charge in [0.15, 0.2) is 0 Å². The molecule has 0 N–H and O–H groups in total. The number of alkyl halides is 12. The zero-order valence-electron chi connectivity index (χ0n) is 9.21. The smallest absolute Gasteiger partial charge is 0.310 e. The Morgan fingerprint density at radius 3 is 1.52 bits per heavy atom. The third kappa shape index (κ3) is 6.58. The monoisotopic (exact) mass is 348 g/mol. The molecule has 2 atom stereocenters. The SMILES string of the molecule is FC(C(F)(F)F)C(F)(F)COC(F)(F)C(F)OC(F)(F)F. The molecule has 0 rings (SSSR count). The van der Waals surface area contributed by atoms with Crippen LogP contribution in [0.3, 0.4) is 0 Å². The van der Waals surface area contributed by atoms with Crippen molar-refractivity contribution in [3.63, 3.8) is 0 Å². The highest BCUT2D eigenvalue weighted by Gasteiger charge is 2.59. The molecule has 2 unspecified atom stereocenters. The van der Waals surface area contributed by atoms with Crippen molar-refractivity contribution in [1.29, 1.82) is 0 Å². The fourth-order valence-corrected chi connectivity index (χ4v) is 0.756. The maximum Gasteiger partial charge on any atom is 0.525 e. The lowest BCUT2D eigenvalue weighted by Gasteiger charge is -2.26. The zero-order chi connectivity index (χ0) is 17.3. The van der Waals surface area contributed by atoms with Crippen molar-refractivity contribution < 1.29 is 62.2 Å². The molecule has 0 spiro atoms. The van der Waals surface area contributed by atoms with Crippen LogP contribution in [0.4, 0.5) is 52.7 Å². The molecule has 0 radical (unpaired) electrons. The molecule has 0 amide bonds. The van der Waals surface area contributed by atoms with Crippen LogP contribution in [0.1, 0.15) is 0 Å². The summed E-state index contributed by atoms with van der Waals surface area (Å²) in [6.45, 7) is -3.04. The Labute approximate surface area is 107 Å². The fraction of sp³-hybridized carbons (Fsp3) is 1.00. The summed E-state index contributed by atoms with van der Waals surface area (Å²) in [5, 5.41) is 0. The molecule has 0 aliphatic carbocycles. The summed E-state index contributed by atoms with van der Waals surface area (Å²) in [4.78, 5) is 0. The van der Waals surface area contributed by atoms with E-state index in [2.05, 4.69) is 9.47 Å². The topological polar surface area (TPSA) is 18.5 Å². The van der Waals surface area contributed by atoms with E-state index in [0.717, 1.165) is 0 Å². The maximum atomic E-state index is 12.5. The summed E-state index contributed by atoms with van der Waals surface area (Å²) in [6, 6.07) is 0. The Morgan fingerprint density at radius 2 is 1.19 bits per heavy atom. The van der Waals surface area contributed by atoms with E-state index in [4.69, 9.17) is 0 Å². The van der Waals surface area contributed by atoms with E-state index in [1.807, 2.05) is 0 Å². The molecular formula is C7H4F12O2. The second-order valence-corrected chi connectivity index (χ2v) is 3.40. The number of hydrogen-bond donors (Lipinski definition) is 0. The molecule has 128 valence electrons. The fourth-order valence-electron chi connectivity index (χ4n) is 0.756. The molecule has 0 aromatic heterocycles. The van der Waals surface area contributed by atoms with Crippen molar-refractivity contribution in [3.05, 3.63) is 0 Å². The highest BCUT2D eigenvalue weighted by atomic mass is 19.4. The predicted octanol–water partition coefficient (Wildman–Crippen LogP) is 3.96. The molecule has 0 saturated carbocycles. The summed E-state index contributed by atoms with van der Waals surface area (Å²) >= 11 is 0. The molecule has 0 heterocycles. The summed E-state index contributed by atoms with van der Waals surface area (Å²) in [7, 11) is 0. The van der Waals surface area contributed by atoms with Crippen molar-refractivity contribution >= 4 is 0 Å². The lowest BCUT2D eigenvalue weighted by molar-refractivity contribution is -0.428. The van der Waals surface area contributed by atoms with Crippen LogP contribution < -0.4 is 0 Å². The third-order valence-electron chi connectivity index (χ3n) is 1.62. The van der Waals surface area contributed by atoms with Crippen LogP contribution >= 0.6 is 0 Å². The van der Waals surface area contributed by atoms with Crippen LogP contribution in [0.25, 0.3) is 0 Å². The first-order chi connectivity index (χ1) is 8.99. The van der Waals surface area contributed by atoms with E-state index >= 15 is 0 Å². The molecule has 2 nitrogen and oxygen atoms in total. The summed E-state index contributed by atoms with van der Waals surface area (Å²) in [5.41, 5.74) is 0. The van der Waals surface area contributed by atoms with Crippen molar-refractivity contribution in [2.45, 2.75) is 37.1 Å². The van der Waals surface area contributed by atoms with Crippen LogP contribution in [-0.4, -0.2) is 43.7 Å². The molecule has 0 bridgehead atoms. The molecular weight excluding hydrogens is 344 g/mol. The van der Waals surface area contributed by atoms with Crippen molar-refractivity contribution in [3.8, 4) is 0 Å². The van der Waals surface area contributed by atoms with E-state index in [0.29, 0.717) is 0 Å². The van der Waals surface area contributed by atoms with Gasteiger partial charge >= 0.3 is 24.6 Å². The van der Waals surface area contributed by atoms with Gasteiger partial charge in [0, 0.05) is 0 Å². The molecule has 14 heteroatoms. The second-order valence-electron chi connectivity index (χ2n) is 3.40. The first-order valence-corrected chi connectivity index (χ1v) is 4.48. The van der Waals surface area contributed by atoms with Gasteiger partial charge in [-0.25, -0.2) is 22.3 Å². The summed E-state index contributed by atoms with van der Waals surface area (Å²) < 4.78 is 148. The molecule has 21 heavy (non-hydrogen) atoms.